The van der Waals surface area contributed by atoms with Crippen LogP contribution in [0.2, 0.25) is 10.0 Å². The van der Waals surface area contributed by atoms with Crippen LogP contribution in [0, 0.1) is 0 Å². The number of anilines is 1. The number of carboxylic acid groups (broad SMARTS) is 1. The van der Waals surface area contributed by atoms with E-state index >= 15 is 0 Å². The smallest absolute Gasteiger partial charge is 0.335 e. The fourth-order valence-corrected chi connectivity index (χ4v) is 2.90. The maximum Gasteiger partial charge on any atom is 0.335 e. The zero-order valence-corrected chi connectivity index (χ0v) is 12.9. The lowest BCUT2D eigenvalue weighted by Crippen LogP contribution is -2.42. The number of benzene rings is 1. The summed E-state index contributed by atoms with van der Waals surface area (Å²) in [5.41, 5.74) is -0.210. The van der Waals surface area contributed by atoms with Gasteiger partial charge in [-0.2, -0.15) is 0 Å². The van der Waals surface area contributed by atoms with Crippen molar-refractivity contribution in [1.29, 1.82) is 0 Å². The van der Waals surface area contributed by atoms with Gasteiger partial charge in [0, 0.05) is 7.11 Å². The summed E-state index contributed by atoms with van der Waals surface area (Å²) in [5.74, 6) is -1.40. The minimum absolute atomic E-state index is 0.0321. The lowest BCUT2D eigenvalue weighted by atomic mass is 9.77. The van der Waals surface area contributed by atoms with Gasteiger partial charge in [0.25, 0.3) is 0 Å². The molecule has 1 aromatic rings. The molecule has 1 fully saturated rings. The number of hydrogen-bond donors (Lipinski definition) is 2. The van der Waals surface area contributed by atoms with Crippen molar-refractivity contribution in [2.75, 3.05) is 12.4 Å². The first-order valence-electron chi connectivity index (χ1n) is 6.44. The molecule has 2 rings (SSSR count). The molecule has 0 atom stereocenters. The molecule has 0 unspecified atom stereocenters. The Balaban J connectivity index is 2.12. The number of halogens is 2. The predicted molar refractivity (Wildman–Crippen MR) is 80.3 cm³/mol. The van der Waals surface area contributed by atoms with E-state index in [0.717, 1.165) is 19.3 Å². The van der Waals surface area contributed by atoms with Gasteiger partial charge in [-0.3, -0.25) is 4.79 Å². The fraction of sp³-hybridized carbons (Fsp3) is 0.429. The van der Waals surface area contributed by atoms with Gasteiger partial charge in [-0.15, -0.1) is 0 Å². The Kier molecular flexibility index (Phi) is 4.76. The van der Waals surface area contributed by atoms with Crippen LogP contribution in [0.15, 0.2) is 12.1 Å². The first kappa shape index (κ1) is 16.1. The minimum Gasteiger partial charge on any atom is -0.478 e. The van der Waals surface area contributed by atoms with Crippen molar-refractivity contribution in [3.05, 3.63) is 27.7 Å². The van der Waals surface area contributed by atoms with Crippen molar-refractivity contribution in [2.24, 2.45) is 0 Å². The van der Waals surface area contributed by atoms with Crippen molar-refractivity contribution in [2.45, 2.75) is 31.3 Å². The van der Waals surface area contributed by atoms with Gasteiger partial charge in [0.05, 0.1) is 33.3 Å². The average molecular weight is 332 g/mol. The van der Waals surface area contributed by atoms with E-state index in [4.69, 9.17) is 33.0 Å². The first-order valence-corrected chi connectivity index (χ1v) is 7.20. The van der Waals surface area contributed by atoms with Crippen molar-refractivity contribution >= 4 is 40.8 Å². The van der Waals surface area contributed by atoms with Crippen LogP contribution < -0.4 is 5.32 Å². The summed E-state index contributed by atoms with van der Waals surface area (Å²) in [6, 6.07) is 2.50. The lowest BCUT2D eigenvalue weighted by molar-refractivity contribution is -0.129. The Bertz CT molecular complexity index is 556. The number of ether oxygens (including phenoxy) is 1. The van der Waals surface area contributed by atoms with Crippen LogP contribution in [0.25, 0.3) is 0 Å². The summed E-state index contributed by atoms with van der Waals surface area (Å²) in [6.07, 6.45) is 2.94. The quantitative estimate of drug-likeness (QED) is 0.864. The highest BCUT2D eigenvalue weighted by atomic mass is 35.5. The fourth-order valence-electron chi connectivity index (χ4n) is 2.32. The number of aromatic carboxylic acids is 1. The van der Waals surface area contributed by atoms with E-state index < -0.39 is 11.6 Å². The van der Waals surface area contributed by atoms with E-state index in [1.54, 1.807) is 7.11 Å². The molecule has 0 aliphatic heterocycles. The highest BCUT2D eigenvalue weighted by Gasteiger charge is 2.39. The Morgan fingerprint density at radius 3 is 2.29 bits per heavy atom. The molecule has 1 aliphatic carbocycles. The van der Waals surface area contributed by atoms with E-state index in [0.29, 0.717) is 0 Å². The molecule has 5 nitrogen and oxygen atoms in total. The van der Waals surface area contributed by atoms with E-state index in [1.807, 2.05) is 0 Å². The van der Waals surface area contributed by atoms with Crippen LogP contribution in [0.1, 0.15) is 36.0 Å². The summed E-state index contributed by atoms with van der Waals surface area (Å²) < 4.78 is 5.39. The molecule has 7 heteroatoms. The molecule has 1 aliphatic rings. The molecule has 1 saturated carbocycles. The van der Waals surface area contributed by atoms with Crippen molar-refractivity contribution in [1.82, 2.24) is 0 Å². The molecule has 0 heterocycles. The number of amides is 1. The lowest BCUT2D eigenvalue weighted by Gasteiger charge is -2.39. The molecule has 2 N–H and O–H groups in total. The van der Waals surface area contributed by atoms with Gasteiger partial charge in [-0.25, -0.2) is 4.79 Å². The number of nitrogens with one attached hydrogen (secondary N) is 1. The molecule has 0 radical (unpaired) electrons. The third kappa shape index (κ3) is 3.48. The second-order valence-corrected chi connectivity index (χ2v) is 5.90. The largest absolute Gasteiger partial charge is 0.478 e. The second-order valence-electron chi connectivity index (χ2n) is 5.09. The van der Waals surface area contributed by atoms with Crippen LogP contribution in [0.3, 0.4) is 0 Å². The Morgan fingerprint density at radius 2 is 1.90 bits per heavy atom. The number of carbonyl (C=O) groups excluding carboxylic acids is 1. The number of methoxy groups -OCH3 is 1. The van der Waals surface area contributed by atoms with Gasteiger partial charge < -0.3 is 15.2 Å². The Morgan fingerprint density at radius 1 is 1.33 bits per heavy atom. The van der Waals surface area contributed by atoms with E-state index in [-0.39, 0.29) is 33.6 Å². The summed E-state index contributed by atoms with van der Waals surface area (Å²) in [6.45, 7) is 0. The minimum atomic E-state index is -1.13. The SMILES string of the molecule is COC1(CC(=O)Nc2c(Cl)cc(C(=O)O)cc2Cl)CCC1. The van der Waals surface area contributed by atoms with Gasteiger partial charge in [0.1, 0.15) is 0 Å². The first-order chi connectivity index (χ1) is 9.87. The molecule has 1 amide bonds. The van der Waals surface area contributed by atoms with Crippen LogP contribution in [0.4, 0.5) is 5.69 Å². The third-order valence-electron chi connectivity index (χ3n) is 3.73. The topological polar surface area (TPSA) is 75.6 Å². The molecule has 0 saturated heterocycles. The standard InChI is InChI=1S/C14H15Cl2NO4/c1-21-14(3-2-4-14)7-11(18)17-12-9(15)5-8(13(19)20)6-10(12)16/h5-6H,2-4,7H2,1H3,(H,17,18)(H,19,20). The zero-order chi connectivity index (χ0) is 15.6. The van der Waals surface area contributed by atoms with E-state index in [1.165, 1.54) is 12.1 Å². The van der Waals surface area contributed by atoms with Gasteiger partial charge in [-0.1, -0.05) is 23.2 Å². The molecular formula is C14H15Cl2NO4. The Labute approximate surface area is 132 Å². The van der Waals surface area contributed by atoms with E-state index in [9.17, 15) is 9.59 Å². The predicted octanol–water partition coefficient (Wildman–Crippen LogP) is 3.59. The van der Waals surface area contributed by atoms with Gasteiger partial charge in [0.15, 0.2) is 0 Å². The average Bonchev–Trinajstić information content (AvgIpc) is 2.37. The summed E-state index contributed by atoms with van der Waals surface area (Å²) in [4.78, 5) is 23.0. The van der Waals surface area contributed by atoms with Crippen LogP contribution >= 0.6 is 23.2 Å². The number of carboxylic acids is 1. The molecular weight excluding hydrogens is 317 g/mol. The van der Waals surface area contributed by atoms with Crippen LogP contribution in [0.5, 0.6) is 0 Å². The second kappa shape index (κ2) is 6.22. The van der Waals surface area contributed by atoms with Crippen molar-refractivity contribution in [3.8, 4) is 0 Å². The molecule has 21 heavy (non-hydrogen) atoms. The maximum absolute atomic E-state index is 12.1. The van der Waals surface area contributed by atoms with Gasteiger partial charge >= 0.3 is 5.97 Å². The molecule has 114 valence electrons. The van der Waals surface area contributed by atoms with Crippen LogP contribution in [-0.4, -0.2) is 29.7 Å². The Hall–Kier alpha value is -1.30. The molecule has 0 spiro atoms. The van der Waals surface area contributed by atoms with E-state index in [2.05, 4.69) is 5.32 Å². The number of rotatable bonds is 5. The van der Waals surface area contributed by atoms with Crippen molar-refractivity contribution < 1.29 is 19.4 Å². The third-order valence-corrected chi connectivity index (χ3v) is 4.33. The highest BCUT2D eigenvalue weighted by molar-refractivity contribution is 6.40. The molecule has 1 aromatic carbocycles. The summed E-state index contributed by atoms with van der Waals surface area (Å²) >= 11 is 12.0. The zero-order valence-electron chi connectivity index (χ0n) is 11.4. The van der Waals surface area contributed by atoms with Gasteiger partial charge in [0.2, 0.25) is 5.91 Å². The monoisotopic (exact) mass is 331 g/mol. The highest BCUT2D eigenvalue weighted by Crippen LogP contribution is 2.39. The van der Waals surface area contributed by atoms with Crippen LogP contribution in [-0.2, 0) is 9.53 Å². The summed E-state index contributed by atoms with van der Waals surface area (Å²) in [7, 11) is 1.59. The van der Waals surface area contributed by atoms with Crippen molar-refractivity contribution in [3.63, 3.8) is 0 Å². The number of carbonyl (C=O) groups is 2. The normalized spacial score (nSPS) is 16.1. The molecule has 0 aromatic heterocycles. The summed E-state index contributed by atoms with van der Waals surface area (Å²) in [5, 5.41) is 11.7. The van der Waals surface area contributed by atoms with Gasteiger partial charge in [-0.05, 0) is 31.4 Å². The maximum atomic E-state index is 12.1. The molecule has 0 bridgehead atoms. The number of hydrogen-bond acceptors (Lipinski definition) is 3.